The van der Waals surface area contributed by atoms with Gasteiger partial charge < -0.3 is 10.2 Å². The molecule has 0 saturated carbocycles. The molecule has 1 aromatic heterocycles. The van der Waals surface area contributed by atoms with E-state index in [0.29, 0.717) is 11.3 Å². The summed E-state index contributed by atoms with van der Waals surface area (Å²) in [5.74, 6) is 0.709. The first kappa shape index (κ1) is 15.7. The molecule has 2 N–H and O–H groups in total. The largest absolute Gasteiger partial charge is 0.469 e. The van der Waals surface area contributed by atoms with Gasteiger partial charge in [0.1, 0.15) is 10.7 Å². The SMILES string of the molecule is Cc1occc1CN(C)S(=O)(=O)c1ccc(C(N)=S)cc1. The predicted octanol–water partition coefficient (Wildman–Crippen LogP) is 2.04. The minimum absolute atomic E-state index is 0.200. The Hall–Kier alpha value is -1.70. The van der Waals surface area contributed by atoms with Crippen molar-refractivity contribution in [3.8, 4) is 0 Å². The lowest BCUT2D eigenvalue weighted by Crippen LogP contribution is -2.26. The molecule has 112 valence electrons. The van der Waals surface area contributed by atoms with E-state index in [0.717, 1.165) is 5.56 Å². The molecule has 0 aliphatic rings. The molecule has 1 aromatic carbocycles. The van der Waals surface area contributed by atoms with Crippen molar-refractivity contribution in [2.24, 2.45) is 5.73 Å². The second-order valence-electron chi connectivity index (χ2n) is 4.65. The van der Waals surface area contributed by atoms with E-state index in [1.807, 2.05) is 0 Å². The molecule has 0 atom stereocenters. The highest BCUT2D eigenvalue weighted by atomic mass is 32.2. The van der Waals surface area contributed by atoms with E-state index in [1.165, 1.54) is 23.5 Å². The van der Waals surface area contributed by atoms with E-state index >= 15 is 0 Å². The number of rotatable bonds is 5. The van der Waals surface area contributed by atoms with Gasteiger partial charge in [0.15, 0.2) is 0 Å². The normalized spacial score (nSPS) is 11.8. The van der Waals surface area contributed by atoms with Gasteiger partial charge in [-0.2, -0.15) is 4.31 Å². The smallest absolute Gasteiger partial charge is 0.243 e. The highest BCUT2D eigenvalue weighted by Gasteiger charge is 2.21. The molecule has 5 nitrogen and oxygen atoms in total. The van der Waals surface area contributed by atoms with Crippen LogP contribution in [0.2, 0.25) is 0 Å². The van der Waals surface area contributed by atoms with Crippen molar-refractivity contribution in [2.75, 3.05) is 7.05 Å². The van der Waals surface area contributed by atoms with Crippen LogP contribution >= 0.6 is 12.2 Å². The van der Waals surface area contributed by atoms with E-state index in [2.05, 4.69) is 0 Å². The van der Waals surface area contributed by atoms with Gasteiger partial charge in [0.05, 0.1) is 11.2 Å². The van der Waals surface area contributed by atoms with Crippen LogP contribution in [-0.2, 0) is 16.6 Å². The highest BCUT2D eigenvalue weighted by Crippen LogP contribution is 2.19. The Balaban J connectivity index is 2.24. The van der Waals surface area contributed by atoms with Gasteiger partial charge in [-0.3, -0.25) is 0 Å². The molecular weight excluding hydrogens is 308 g/mol. The first-order valence-corrected chi connectivity index (χ1v) is 8.06. The quantitative estimate of drug-likeness (QED) is 0.852. The maximum Gasteiger partial charge on any atom is 0.243 e. The zero-order chi connectivity index (χ0) is 15.6. The molecule has 0 spiro atoms. The van der Waals surface area contributed by atoms with Crippen LogP contribution in [0.4, 0.5) is 0 Å². The molecule has 7 heteroatoms. The fourth-order valence-electron chi connectivity index (χ4n) is 1.87. The van der Waals surface area contributed by atoms with Crippen molar-refractivity contribution in [3.63, 3.8) is 0 Å². The third-order valence-electron chi connectivity index (χ3n) is 3.21. The van der Waals surface area contributed by atoms with Gasteiger partial charge >= 0.3 is 0 Å². The number of nitrogens with zero attached hydrogens (tertiary/aromatic N) is 1. The van der Waals surface area contributed by atoms with Crippen LogP contribution in [0.1, 0.15) is 16.9 Å². The summed E-state index contributed by atoms with van der Waals surface area (Å²) in [4.78, 5) is 0.437. The van der Waals surface area contributed by atoms with Gasteiger partial charge in [-0.05, 0) is 25.1 Å². The zero-order valence-corrected chi connectivity index (χ0v) is 13.4. The molecule has 0 saturated heterocycles. The van der Waals surface area contributed by atoms with E-state index in [4.69, 9.17) is 22.4 Å². The molecule has 0 radical (unpaired) electrons. The Kier molecular flexibility index (Phi) is 4.46. The molecule has 0 unspecified atom stereocenters. The lowest BCUT2D eigenvalue weighted by atomic mass is 10.2. The third kappa shape index (κ3) is 3.31. The van der Waals surface area contributed by atoms with E-state index < -0.39 is 10.0 Å². The Bertz CT molecular complexity index is 749. The molecule has 0 aliphatic carbocycles. The van der Waals surface area contributed by atoms with Crippen LogP contribution in [0.3, 0.4) is 0 Å². The Morgan fingerprint density at radius 1 is 1.29 bits per heavy atom. The van der Waals surface area contributed by atoms with E-state index in [-0.39, 0.29) is 16.4 Å². The van der Waals surface area contributed by atoms with Crippen molar-refractivity contribution in [2.45, 2.75) is 18.4 Å². The minimum atomic E-state index is -3.57. The maximum atomic E-state index is 12.5. The summed E-state index contributed by atoms with van der Waals surface area (Å²) in [6, 6.07) is 7.97. The molecular formula is C14H16N2O3S2. The van der Waals surface area contributed by atoms with Gasteiger partial charge in [-0.15, -0.1) is 0 Å². The predicted molar refractivity (Wildman–Crippen MR) is 84.4 cm³/mol. The lowest BCUT2D eigenvalue weighted by molar-refractivity contribution is 0.459. The van der Waals surface area contributed by atoms with Crippen molar-refractivity contribution in [1.82, 2.24) is 4.31 Å². The highest BCUT2D eigenvalue weighted by molar-refractivity contribution is 7.89. The summed E-state index contributed by atoms with van der Waals surface area (Å²) < 4.78 is 31.4. The van der Waals surface area contributed by atoms with Crippen LogP contribution in [0.25, 0.3) is 0 Å². The lowest BCUT2D eigenvalue weighted by Gasteiger charge is -2.17. The number of thiocarbonyl (C=S) groups is 1. The van der Waals surface area contributed by atoms with Gasteiger partial charge in [-0.25, -0.2) is 8.42 Å². The van der Waals surface area contributed by atoms with Crippen molar-refractivity contribution < 1.29 is 12.8 Å². The van der Waals surface area contributed by atoms with Crippen LogP contribution in [-0.4, -0.2) is 24.8 Å². The summed E-state index contributed by atoms with van der Waals surface area (Å²) in [7, 11) is -2.04. The van der Waals surface area contributed by atoms with Gasteiger partial charge in [-0.1, -0.05) is 24.4 Å². The van der Waals surface area contributed by atoms with Crippen LogP contribution in [0, 0.1) is 6.92 Å². The topological polar surface area (TPSA) is 76.5 Å². The van der Waals surface area contributed by atoms with Crippen molar-refractivity contribution >= 4 is 27.2 Å². The van der Waals surface area contributed by atoms with E-state index in [9.17, 15) is 8.42 Å². The van der Waals surface area contributed by atoms with Crippen molar-refractivity contribution in [3.05, 3.63) is 53.5 Å². The fourth-order valence-corrected chi connectivity index (χ4v) is 3.16. The zero-order valence-electron chi connectivity index (χ0n) is 11.7. The van der Waals surface area contributed by atoms with Crippen LogP contribution in [0.5, 0.6) is 0 Å². The molecule has 0 bridgehead atoms. The number of sulfonamides is 1. The summed E-state index contributed by atoms with van der Waals surface area (Å²) >= 11 is 4.85. The van der Waals surface area contributed by atoms with Gasteiger partial charge in [0.2, 0.25) is 10.0 Å². The van der Waals surface area contributed by atoms with Crippen LogP contribution in [0.15, 0.2) is 45.9 Å². The average Bonchev–Trinajstić information content (AvgIpc) is 2.84. The Morgan fingerprint density at radius 2 is 1.90 bits per heavy atom. The molecule has 1 heterocycles. The summed E-state index contributed by atoms with van der Waals surface area (Å²) in [6.45, 7) is 2.05. The van der Waals surface area contributed by atoms with Crippen LogP contribution < -0.4 is 5.73 Å². The molecule has 0 fully saturated rings. The van der Waals surface area contributed by atoms with E-state index in [1.54, 1.807) is 31.4 Å². The van der Waals surface area contributed by atoms with Crippen molar-refractivity contribution in [1.29, 1.82) is 0 Å². The second kappa shape index (κ2) is 5.97. The van der Waals surface area contributed by atoms with Gasteiger partial charge in [0, 0.05) is 24.7 Å². The first-order valence-electron chi connectivity index (χ1n) is 6.21. The monoisotopic (exact) mass is 324 g/mol. The number of aryl methyl sites for hydroxylation is 1. The fraction of sp³-hybridized carbons (Fsp3) is 0.214. The maximum absolute atomic E-state index is 12.5. The molecule has 0 aliphatic heterocycles. The number of furan rings is 1. The Morgan fingerprint density at radius 3 is 2.38 bits per heavy atom. The summed E-state index contributed by atoms with van der Waals surface area (Å²) in [5, 5.41) is 0. The van der Waals surface area contributed by atoms with Gasteiger partial charge in [0.25, 0.3) is 0 Å². The molecule has 2 rings (SSSR count). The summed E-state index contributed by atoms with van der Waals surface area (Å²) in [6.07, 6.45) is 1.54. The number of nitrogens with two attached hydrogens (primary N) is 1. The molecule has 21 heavy (non-hydrogen) atoms. The average molecular weight is 324 g/mol. The molecule has 2 aromatic rings. The standard InChI is InChI=1S/C14H16N2O3S2/c1-10-12(7-8-19-10)9-16(2)21(17,18)13-5-3-11(4-6-13)14(15)20/h3-8H,9H2,1-2H3,(H2,15,20). The first-order chi connectivity index (χ1) is 9.82. The number of hydrogen-bond donors (Lipinski definition) is 1. The molecule has 0 amide bonds. The minimum Gasteiger partial charge on any atom is -0.469 e. The summed E-state index contributed by atoms with van der Waals surface area (Å²) in [5.41, 5.74) is 6.97. The Labute approximate surface area is 129 Å². The number of hydrogen-bond acceptors (Lipinski definition) is 4. The number of benzene rings is 1. The second-order valence-corrected chi connectivity index (χ2v) is 7.14. The third-order valence-corrected chi connectivity index (χ3v) is 5.26.